The van der Waals surface area contributed by atoms with Crippen LogP contribution in [0.25, 0.3) is 0 Å². The van der Waals surface area contributed by atoms with Gasteiger partial charge in [-0.25, -0.2) is 0 Å². The number of rotatable bonds is 2. The predicted molar refractivity (Wildman–Crippen MR) is 61.0 cm³/mol. The number of fused-ring (bicyclic) bond motifs is 1. The number of hydrogen-bond acceptors (Lipinski definition) is 2. The quantitative estimate of drug-likeness (QED) is 0.351. The molecule has 2 nitrogen and oxygen atoms in total. The van der Waals surface area contributed by atoms with Gasteiger partial charge in [0.1, 0.15) is 0 Å². The Morgan fingerprint density at radius 2 is 2.50 bits per heavy atom. The molecule has 0 radical (unpaired) electrons. The Bertz CT molecular complexity index is 217. The van der Waals surface area contributed by atoms with Crippen molar-refractivity contribution in [3.63, 3.8) is 0 Å². The van der Waals surface area contributed by atoms with Crippen LogP contribution >= 0.6 is 20.1 Å². The van der Waals surface area contributed by atoms with Gasteiger partial charge in [0.15, 0.2) is 0 Å². The summed E-state index contributed by atoms with van der Waals surface area (Å²) >= 11 is -1.03. The molecule has 1 saturated carbocycles. The average Bonchev–Trinajstić information content (AvgIpc) is 2.71. The van der Waals surface area contributed by atoms with E-state index in [1.807, 2.05) is 0 Å². The van der Waals surface area contributed by atoms with Crippen LogP contribution in [0.5, 0.6) is 0 Å². The van der Waals surface area contributed by atoms with Crippen LogP contribution in [0.3, 0.4) is 0 Å². The van der Waals surface area contributed by atoms with E-state index in [0.717, 1.165) is 9.84 Å². The fraction of sp³-hybridized carbons (Fsp3) is 0.778. The van der Waals surface area contributed by atoms with E-state index in [4.69, 9.17) is 5.73 Å². The Kier molecular flexibility index (Phi) is 2.21. The Hall–Kier alpha value is 0.390. The zero-order chi connectivity index (χ0) is 8.77. The van der Waals surface area contributed by atoms with Crippen LogP contribution in [-0.2, 0) is 0 Å². The van der Waals surface area contributed by atoms with Gasteiger partial charge in [0.2, 0.25) is 0 Å². The van der Waals surface area contributed by atoms with Crippen molar-refractivity contribution in [2.75, 3.05) is 6.67 Å². The number of halogens is 1. The molecule has 2 rings (SSSR count). The summed E-state index contributed by atoms with van der Waals surface area (Å²) in [5.41, 5.74) is 6.16. The molecule has 3 atom stereocenters. The molecule has 0 aromatic carbocycles. The van der Waals surface area contributed by atoms with E-state index in [2.05, 4.69) is 27.5 Å². The number of alkyl halides is 1. The molecule has 0 saturated heterocycles. The molecule has 2 unspecified atom stereocenters. The van der Waals surface area contributed by atoms with Crippen molar-refractivity contribution in [3.8, 4) is 0 Å². The van der Waals surface area contributed by atoms with Gasteiger partial charge in [-0.2, -0.15) is 0 Å². The molecule has 1 fully saturated rings. The van der Waals surface area contributed by atoms with Gasteiger partial charge in [-0.1, -0.05) is 0 Å². The number of hydrogen-bond donors (Lipinski definition) is 2. The second-order valence-electron chi connectivity index (χ2n) is 3.93. The van der Waals surface area contributed by atoms with Crippen LogP contribution in [0.15, 0.2) is 10.2 Å². The van der Waals surface area contributed by atoms with Gasteiger partial charge in [-0.3, -0.25) is 0 Å². The van der Waals surface area contributed by atoms with Crippen molar-refractivity contribution in [2.24, 2.45) is 17.1 Å². The molecule has 12 heavy (non-hydrogen) atoms. The van der Waals surface area contributed by atoms with E-state index in [0.29, 0.717) is 12.1 Å². The predicted octanol–water partition coefficient (Wildman–Crippen LogP) is 1.86. The molecule has 0 spiro atoms. The van der Waals surface area contributed by atoms with E-state index in [9.17, 15) is 0 Å². The van der Waals surface area contributed by atoms with Gasteiger partial charge in [-0.05, 0) is 0 Å². The van der Waals surface area contributed by atoms with Gasteiger partial charge in [0.05, 0.1) is 0 Å². The molecule has 1 heterocycles. The minimum atomic E-state index is -1.03. The van der Waals surface area contributed by atoms with Gasteiger partial charge in [0, 0.05) is 0 Å². The zero-order valence-electron chi connectivity index (χ0n) is 7.68. The van der Waals surface area contributed by atoms with E-state index in [-0.39, 0.29) is 0 Å². The number of nitrogens with one attached hydrogen (secondary N) is 1. The van der Waals surface area contributed by atoms with E-state index in [1.165, 1.54) is 6.42 Å². The van der Waals surface area contributed by atoms with Crippen molar-refractivity contribution < 1.29 is 0 Å². The van der Waals surface area contributed by atoms with E-state index >= 15 is 0 Å². The van der Waals surface area contributed by atoms with Crippen LogP contribution in [0.4, 0.5) is 0 Å². The standard InChI is InChI=1S/C9H17IN2/c1-7-9(2)5-8(9)3-4-10(7)12-6-11/h3-4,7-8,12H,5-6,11H2,1-2H3/t7-,8?,9?/m0/s1. The van der Waals surface area contributed by atoms with Crippen LogP contribution in [0.1, 0.15) is 20.3 Å². The second-order valence-corrected chi connectivity index (χ2v) is 9.25. The third-order valence-electron chi connectivity index (χ3n) is 3.28. The first-order valence-corrected chi connectivity index (χ1v) is 8.04. The van der Waals surface area contributed by atoms with Crippen LogP contribution in [-0.4, -0.2) is 10.6 Å². The minimum absolute atomic E-state index is 0.641. The summed E-state index contributed by atoms with van der Waals surface area (Å²) in [5.74, 6) is 0.889. The topological polar surface area (TPSA) is 38.0 Å². The summed E-state index contributed by atoms with van der Waals surface area (Å²) in [6.45, 7) is 5.48. The normalized spacial score (nSPS) is 47.4. The van der Waals surface area contributed by atoms with Crippen molar-refractivity contribution in [2.45, 2.75) is 24.2 Å². The molecule has 0 aromatic heterocycles. The third-order valence-corrected chi connectivity index (χ3v) is 9.23. The maximum atomic E-state index is 5.52. The molecule has 2 aliphatic rings. The second kappa shape index (κ2) is 2.96. The molecule has 70 valence electrons. The molecule has 3 heteroatoms. The molecule has 0 aromatic rings. The summed E-state index contributed by atoms with van der Waals surface area (Å²) < 4.78 is 6.80. The summed E-state index contributed by atoms with van der Waals surface area (Å²) in [4.78, 5) is 0. The Morgan fingerprint density at radius 3 is 3.17 bits per heavy atom. The van der Waals surface area contributed by atoms with Crippen molar-refractivity contribution in [1.82, 2.24) is 3.53 Å². The molecular weight excluding hydrogens is 263 g/mol. The SMILES string of the molecule is C[C@@H]1I(NCN)C=CC2CC21C. The average molecular weight is 280 g/mol. The van der Waals surface area contributed by atoms with Crippen molar-refractivity contribution >= 4 is 20.1 Å². The van der Waals surface area contributed by atoms with Gasteiger partial charge in [-0.15, -0.1) is 0 Å². The van der Waals surface area contributed by atoms with Crippen molar-refractivity contribution in [3.05, 3.63) is 10.2 Å². The molecule has 3 N–H and O–H groups in total. The Balaban J connectivity index is 2.09. The molecule has 0 bridgehead atoms. The summed E-state index contributed by atoms with van der Waals surface area (Å²) in [6, 6.07) is 0. The Labute approximate surface area is 81.7 Å². The zero-order valence-corrected chi connectivity index (χ0v) is 9.84. The first-order chi connectivity index (χ1) is 5.68. The number of nitrogens with two attached hydrogens (primary N) is 1. The first kappa shape index (κ1) is 8.97. The molecule has 1 aliphatic carbocycles. The van der Waals surface area contributed by atoms with Gasteiger partial charge < -0.3 is 0 Å². The molecule has 0 amide bonds. The monoisotopic (exact) mass is 280 g/mol. The van der Waals surface area contributed by atoms with Crippen LogP contribution in [0.2, 0.25) is 0 Å². The van der Waals surface area contributed by atoms with Crippen LogP contribution in [0, 0.1) is 11.3 Å². The third kappa shape index (κ3) is 1.22. The maximum absolute atomic E-state index is 5.52. The first-order valence-electron chi connectivity index (χ1n) is 4.47. The summed E-state index contributed by atoms with van der Waals surface area (Å²) in [6.07, 6.45) is 3.83. The molecular formula is C9H17IN2. The van der Waals surface area contributed by atoms with Crippen LogP contribution < -0.4 is 9.26 Å². The Morgan fingerprint density at radius 1 is 1.75 bits per heavy atom. The summed E-state index contributed by atoms with van der Waals surface area (Å²) in [7, 11) is 0. The number of allylic oxidation sites excluding steroid dienone is 1. The summed E-state index contributed by atoms with van der Waals surface area (Å²) in [5, 5.41) is 0. The van der Waals surface area contributed by atoms with E-state index in [1.54, 1.807) is 0 Å². The van der Waals surface area contributed by atoms with Crippen molar-refractivity contribution in [1.29, 1.82) is 0 Å². The van der Waals surface area contributed by atoms with Gasteiger partial charge in [0.25, 0.3) is 0 Å². The fourth-order valence-corrected chi connectivity index (χ4v) is 7.20. The fourth-order valence-electron chi connectivity index (χ4n) is 1.95. The molecule has 1 aliphatic heterocycles. The van der Waals surface area contributed by atoms with E-state index < -0.39 is 20.1 Å². The van der Waals surface area contributed by atoms with Gasteiger partial charge >= 0.3 is 81.7 Å².